The molecule has 2 atom stereocenters. The quantitative estimate of drug-likeness (QED) is 0.900. The summed E-state index contributed by atoms with van der Waals surface area (Å²) in [6, 6.07) is 6.08. The molecule has 2 aliphatic rings. The van der Waals surface area contributed by atoms with Gasteiger partial charge in [0.1, 0.15) is 11.9 Å². The van der Waals surface area contributed by atoms with E-state index in [0.29, 0.717) is 12.5 Å². The van der Waals surface area contributed by atoms with Crippen LogP contribution in [-0.4, -0.2) is 24.4 Å². The minimum absolute atomic E-state index is 0.0735. The number of ether oxygens (including phenoxy) is 2. The van der Waals surface area contributed by atoms with Crippen LogP contribution in [0, 0.1) is 5.92 Å². The molecule has 3 nitrogen and oxygen atoms in total. The first-order valence-corrected chi connectivity index (χ1v) is 8.35. The lowest BCUT2D eigenvalue weighted by molar-refractivity contribution is -0.0739. The maximum Gasteiger partial charge on any atom is 0.122 e. The van der Waals surface area contributed by atoms with E-state index in [1.54, 1.807) is 0 Å². The fraction of sp³-hybridized carbons (Fsp3) is 0.667. The number of aliphatic hydroxyl groups is 1. The van der Waals surface area contributed by atoms with Crippen LogP contribution in [0.15, 0.2) is 18.2 Å². The number of hydrogen-bond donors (Lipinski definition) is 1. The summed E-state index contributed by atoms with van der Waals surface area (Å²) < 4.78 is 11.5. The van der Waals surface area contributed by atoms with Gasteiger partial charge in [-0.15, -0.1) is 0 Å². The van der Waals surface area contributed by atoms with Crippen LogP contribution in [0.1, 0.15) is 56.3 Å². The monoisotopic (exact) mass is 290 g/mol. The van der Waals surface area contributed by atoms with Crippen molar-refractivity contribution in [3.8, 4) is 5.75 Å². The third kappa shape index (κ3) is 3.24. The molecule has 0 bridgehead atoms. The minimum atomic E-state index is -0.529. The Morgan fingerprint density at radius 2 is 2.10 bits per heavy atom. The van der Waals surface area contributed by atoms with E-state index in [9.17, 15) is 5.11 Å². The van der Waals surface area contributed by atoms with Gasteiger partial charge in [-0.25, -0.2) is 0 Å². The number of aliphatic hydroxyl groups excluding tert-OH is 1. The molecule has 1 N–H and O–H groups in total. The topological polar surface area (TPSA) is 38.7 Å². The van der Waals surface area contributed by atoms with Crippen LogP contribution in [-0.2, 0) is 11.2 Å². The molecule has 1 aromatic rings. The average Bonchev–Trinajstić information content (AvgIpc) is 3.00. The fourth-order valence-electron chi connectivity index (χ4n) is 3.72. The van der Waals surface area contributed by atoms with E-state index in [1.165, 1.54) is 37.7 Å². The predicted octanol–water partition coefficient (Wildman–Crippen LogP) is 3.64. The normalized spacial score (nSPS) is 21.6. The number of rotatable bonds is 5. The molecule has 21 heavy (non-hydrogen) atoms. The highest BCUT2D eigenvalue weighted by atomic mass is 16.5. The highest BCUT2D eigenvalue weighted by Crippen LogP contribution is 2.36. The van der Waals surface area contributed by atoms with Crippen LogP contribution in [0.5, 0.6) is 5.75 Å². The standard InChI is InChI=1S/C18H26O3/c1-2-20-18(13-6-4-3-5-7-13)17(19)15-8-9-16-14(12-15)10-11-21-16/h8-9,12-13,17-19H,2-7,10-11H2,1H3. The van der Waals surface area contributed by atoms with Gasteiger partial charge in [-0.05, 0) is 48.9 Å². The second-order valence-electron chi connectivity index (χ2n) is 6.23. The lowest BCUT2D eigenvalue weighted by Crippen LogP contribution is -2.32. The van der Waals surface area contributed by atoms with E-state index in [-0.39, 0.29) is 6.10 Å². The van der Waals surface area contributed by atoms with E-state index >= 15 is 0 Å². The van der Waals surface area contributed by atoms with Gasteiger partial charge < -0.3 is 14.6 Å². The summed E-state index contributed by atoms with van der Waals surface area (Å²) in [6.45, 7) is 3.43. The Morgan fingerprint density at radius 1 is 1.29 bits per heavy atom. The zero-order valence-corrected chi connectivity index (χ0v) is 12.9. The van der Waals surface area contributed by atoms with Crippen LogP contribution in [0.3, 0.4) is 0 Å². The van der Waals surface area contributed by atoms with E-state index in [4.69, 9.17) is 9.47 Å². The average molecular weight is 290 g/mol. The van der Waals surface area contributed by atoms with Gasteiger partial charge in [0.05, 0.1) is 12.7 Å². The largest absolute Gasteiger partial charge is 0.493 e. The van der Waals surface area contributed by atoms with Gasteiger partial charge in [0.15, 0.2) is 0 Å². The van der Waals surface area contributed by atoms with E-state index in [2.05, 4.69) is 6.07 Å². The molecule has 3 rings (SSSR count). The number of hydrogen-bond acceptors (Lipinski definition) is 3. The first-order valence-electron chi connectivity index (χ1n) is 8.35. The molecule has 0 radical (unpaired) electrons. The first-order chi connectivity index (χ1) is 10.3. The van der Waals surface area contributed by atoms with Crippen LogP contribution in [0.25, 0.3) is 0 Å². The second kappa shape index (κ2) is 6.80. The zero-order chi connectivity index (χ0) is 14.7. The summed E-state index contributed by atoms with van der Waals surface area (Å²) in [6.07, 6.45) is 6.54. The summed E-state index contributed by atoms with van der Waals surface area (Å²) >= 11 is 0. The molecule has 1 fully saturated rings. The van der Waals surface area contributed by atoms with E-state index < -0.39 is 6.10 Å². The lowest BCUT2D eigenvalue weighted by atomic mass is 9.81. The molecular formula is C18H26O3. The molecule has 0 aromatic heterocycles. The van der Waals surface area contributed by atoms with Crippen molar-refractivity contribution in [2.45, 2.75) is 57.7 Å². The van der Waals surface area contributed by atoms with Gasteiger partial charge in [-0.2, -0.15) is 0 Å². The molecule has 0 saturated heterocycles. The van der Waals surface area contributed by atoms with Crippen LogP contribution < -0.4 is 4.74 Å². The summed E-state index contributed by atoms with van der Waals surface area (Å²) in [4.78, 5) is 0. The van der Waals surface area contributed by atoms with Gasteiger partial charge in [0, 0.05) is 13.0 Å². The molecule has 1 aliphatic heterocycles. The van der Waals surface area contributed by atoms with Gasteiger partial charge in [0.2, 0.25) is 0 Å². The molecule has 3 heteroatoms. The van der Waals surface area contributed by atoms with Crippen LogP contribution in [0.4, 0.5) is 0 Å². The van der Waals surface area contributed by atoms with E-state index in [1.807, 2.05) is 19.1 Å². The zero-order valence-electron chi connectivity index (χ0n) is 12.9. The van der Waals surface area contributed by atoms with Crippen molar-refractivity contribution in [2.24, 2.45) is 5.92 Å². The third-order valence-corrected chi connectivity index (χ3v) is 4.84. The van der Waals surface area contributed by atoms with Crippen molar-refractivity contribution in [1.82, 2.24) is 0 Å². The van der Waals surface area contributed by atoms with Crippen molar-refractivity contribution < 1.29 is 14.6 Å². The maximum absolute atomic E-state index is 10.8. The van der Waals surface area contributed by atoms with Crippen molar-refractivity contribution >= 4 is 0 Å². The van der Waals surface area contributed by atoms with Crippen molar-refractivity contribution in [1.29, 1.82) is 0 Å². The molecule has 1 aromatic carbocycles. The lowest BCUT2D eigenvalue weighted by Gasteiger charge is -2.33. The second-order valence-corrected chi connectivity index (χ2v) is 6.23. The fourth-order valence-corrected chi connectivity index (χ4v) is 3.72. The third-order valence-electron chi connectivity index (χ3n) is 4.84. The Balaban J connectivity index is 1.77. The maximum atomic E-state index is 10.8. The van der Waals surface area contributed by atoms with Gasteiger partial charge in [-0.3, -0.25) is 0 Å². The molecule has 1 heterocycles. The SMILES string of the molecule is CCOC(C1CCCCC1)C(O)c1ccc2c(c1)CCO2. The van der Waals surface area contributed by atoms with Crippen LogP contribution >= 0.6 is 0 Å². The molecule has 2 unspecified atom stereocenters. The predicted molar refractivity (Wildman–Crippen MR) is 82.6 cm³/mol. The Kier molecular flexibility index (Phi) is 4.81. The Hall–Kier alpha value is -1.06. The molecule has 0 spiro atoms. The summed E-state index contributed by atoms with van der Waals surface area (Å²) in [5.74, 6) is 1.45. The molecule has 116 valence electrons. The van der Waals surface area contributed by atoms with E-state index in [0.717, 1.165) is 24.3 Å². The summed E-state index contributed by atoms with van der Waals surface area (Å²) in [5, 5.41) is 10.8. The Morgan fingerprint density at radius 3 is 2.86 bits per heavy atom. The Bertz CT molecular complexity index is 466. The van der Waals surface area contributed by atoms with Gasteiger partial charge >= 0.3 is 0 Å². The molecular weight excluding hydrogens is 264 g/mol. The van der Waals surface area contributed by atoms with Crippen molar-refractivity contribution in [2.75, 3.05) is 13.2 Å². The smallest absolute Gasteiger partial charge is 0.122 e. The highest BCUT2D eigenvalue weighted by Gasteiger charge is 2.31. The van der Waals surface area contributed by atoms with Crippen molar-refractivity contribution in [3.63, 3.8) is 0 Å². The minimum Gasteiger partial charge on any atom is -0.493 e. The summed E-state index contributed by atoms with van der Waals surface area (Å²) in [7, 11) is 0. The van der Waals surface area contributed by atoms with Crippen molar-refractivity contribution in [3.05, 3.63) is 29.3 Å². The molecule has 1 saturated carbocycles. The van der Waals surface area contributed by atoms with Crippen LogP contribution in [0.2, 0.25) is 0 Å². The Labute approximate surface area is 127 Å². The summed E-state index contributed by atoms with van der Waals surface area (Å²) in [5.41, 5.74) is 2.19. The first kappa shape index (κ1) is 14.9. The van der Waals surface area contributed by atoms with Gasteiger partial charge in [0.25, 0.3) is 0 Å². The molecule has 0 amide bonds. The van der Waals surface area contributed by atoms with Gasteiger partial charge in [-0.1, -0.05) is 25.3 Å². The number of benzene rings is 1. The highest BCUT2D eigenvalue weighted by molar-refractivity contribution is 5.40. The number of fused-ring (bicyclic) bond motifs is 1. The molecule has 1 aliphatic carbocycles.